The summed E-state index contributed by atoms with van der Waals surface area (Å²) in [6.07, 6.45) is 18.3. The van der Waals surface area contributed by atoms with Gasteiger partial charge in [-0.1, -0.05) is 103 Å². The fourth-order valence-corrected chi connectivity index (χ4v) is 4.09. The van der Waals surface area contributed by atoms with Gasteiger partial charge in [0.1, 0.15) is 24.4 Å². The quantitative estimate of drug-likeness (QED) is 0.250. The lowest BCUT2D eigenvalue weighted by Crippen LogP contribution is -2.42. The fourth-order valence-electron chi connectivity index (χ4n) is 4.09. The molecule has 29 heavy (non-hydrogen) atoms. The minimum atomic E-state index is -0.974. The van der Waals surface area contributed by atoms with Crippen LogP contribution in [0, 0.1) is 0 Å². The second-order valence-corrected chi connectivity index (χ2v) is 8.75. The molecule has 0 aliphatic carbocycles. The summed E-state index contributed by atoms with van der Waals surface area (Å²) in [6.45, 7) is 2.74. The summed E-state index contributed by atoms with van der Waals surface area (Å²) >= 11 is 0. The molecule has 0 amide bonds. The standard InChI is InChI=1S/C24H48O5/c1-2-3-4-5-6-7-8-9-10-11-12-13-14-15-16-17-18-28-22(19-25)24-23(27)21(26)20-29-24/h21-27H,2-20H2,1H3/t21-,22+,23-,24-/m1/s1. The van der Waals surface area contributed by atoms with Crippen molar-refractivity contribution in [1.29, 1.82) is 0 Å². The van der Waals surface area contributed by atoms with Crippen LogP contribution < -0.4 is 0 Å². The molecule has 5 nitrogen and oxygen atoms in total. The minimum absolute atomic E-state index is 0.102. The van der Waals surface area contributed by atoms with E-state index >= 15 is 0 Å². The van der Waals surface area contributed by atoms with Crippen molar-refractivity contribution >= 4 is 0 Å². The van der Waals surface area contributed by atoms with E-state index in [-0.39, 0.29) is 13.2 Å². The molecule has 1 aliphatic heterocycles. The van der Waals surface area contributed by atoms with Gasteiger partial charge in [0, 0.05) is 6.61 Å². The van der Waals surface area contributed by atoms with E-state index in [0.29, 0.717) is 6.61 Å². The third kappa shape index (κ3) is 13.0. The van der Waals surface area contributed by atoms with Crippen LogP contribution in [0.3, 0.4) is 0 Å². The van der Waals surface area contributed by atoms with Crippen molar-refractivity contribution in [2.24, 2.45) is 0 Å². The fraction of sp³-hybridized carbons (Fsp3) is 1.00. The highest BCUT2D eigenvalue weighted by Gasteiger charge is 2.40. The molecule has 0 unspecified atom stereocenters. The molecule has 3 N–H and O–H groups in total. The lowest BCUT2D eigenvalue weighted by Gasteiger charge is -2.24. The molecule has 5 heteroatoms. The van der Waals surface area contributed by atoms with Gasteiger partial charge in [-0.25, -0.2) is 0 Å². The summed E-state index contributed by atoms with van der Waals surface area (Å²) < 4.78 is 11.0. The number of aliphatic hydroxyl groups is 3. The summed E-state index contributed by atoms with van der Waals surface area (Å²) in [6, 6.07) is 0. The number of ether oxygens (including phenoxy) is 2. The Morgan fingerprint density at radius 3 is 1.59 bits per heavy atom. The maximum absolute atomic E-state index is 9.84. The van der Waals surface area contributed by atoms with Gasteiger partial charge in [-0.3, -0.25) is 0 Å². The predicted molar refractivity (Wildman–Crippen MR) is 118 cm³/mol. The van der Waals surface area contributed by atoms with E-state index in [4.69, 9.17) is 9.47 Å². The first-order chi connectivity index (χ1) is 14.2. The van der Waals surface area contributed by atoms with Crippen LogP contribution in [0.4, 0.5) is 0 Å². The van der Waals surface area contributed by atoms with E-state index < -0.39 is 24.4 Å². The predicted octanol–water partition coefficient (Wildman–Crippen LogP) is 4.75. The molecule has 1 aliphatic rings. The second-order valence-electron chi connectivity index (χ2n) is 8.75. The number of unbranched alkanes of at least 4 members (excludes halogenated alkanes) is 15. The largest absolute Gasteiger partial charge is 0.394 e. The Morgan fingerprint density at radius 1 is 0.759 bits per heavy atom. The Morgan fingerprint density at radius 2 is 1.21 bits per heavy atom. The highest BCUT2D eigenvalue weighted by atomic mass is 16.6. The van der Waals surface area contributed by atoms with Crippen molar-refractivity contribution in [2.45, 2.75) is 134 Å². The van der Waals surface area contributed by atoms with Gasteiger partial charge >= 0.3 is 0 Å². The molecule has 0 aromatic heterocycles. The maximum Gasteiger partial charge on any atom is 0.114 e. The molecule has 0 saturated carbocycles. The monoisotopic (exact) mass is 416 g/mol. The van der Waals surface area contributed by atoms with E-state index in [1.54, 1.807) is 0 Å². The third-order valence-corrected chi connectivity index (χ3v) is 6.07. The van der Waals surface area contributed by atoms with E-state index in [1.165, 1.54) is 89.9 Å². The molecule has 0 bridgehead atoms. The van der Waals surface area contributed by atoms with Gasteiger partial charge in [0.15, 0.2) is 0 Å². The van der Waals surface area contributed by atoms with E-state index in [0.717, 1.165) is 12.8 Å². The lowest BCUT2D eigenvalue weighted by atomic mass is 10.0. The summed E-state index contributed by atoms with van der Waals surface area (Å²) in [5.41, 5.74) is 0. The zero-order valence-electron chi connectivity index (χ0n) is 18.9. The van der Waals surface area contributed by atoms with Crippen molar-refractivity contribution in [1.82, 2.24) is 0 Å². The SMILES string of the molecule is CCCCCCCCCCCCCCCCCCO[C@@H](CO)[C@H]1OC[C@@H](O)[C@H]1O. The normalized spacial score (nSPS) is 23.0. The zero-order chi connectivity index (χ0) is 21.2. The molecule has 1 rings (SSSR count). The van der Waals surface area contributed by atoms with Crippen LogP contribution in [0.5, 0.6) is 0 Å². The van der Waals surface area contributed by atoms with Gasteiger partial charge in [-0.15, -0.1) is 0 Å². The van der Waals surface area contributed by atoms with Crippen molar-refractivity contribution in [2.75, 3.05) is 19.8 Å². The van der Waals surface area contributed by atoms with Crippen LogP contribution in [0.2, 0.25) is 0 Å². The van der Waals surface area contributed by atoms with Gasteiger partial charge in [0.2, 0.25) is 0 Å². The first-order valence-corrected chi connectivity index (χ1v) is 12.4. The number of hydrogen-bond donors (Lipinski definition) is 3. The van der Waals surface area contributed by atoms with E-state index in [2.05, 4.69) is 6.92 Å². The molecule has 0 spiro atoms. The van der Waals surface area contributed by atoms with Gasteiger partial charge in [0.05, 0.1) is 13.2 Å². The van der Waals surface area contributed by atoms with Gasteiger partial charge in [-0.2, -0.15) is 0 Å². The van der Waals surface area contributed by atoms with Gasteiger partial charge < -0.3 is 24.8 Å². The van der Waals surface area contributed by atoms with Crippen LogP contribution >= 0.6 is 0 Å². The Balaban J connectivity index is 1.81. The van der Waals surface area contributed by atoms with Crippen LogP contribution in [-0.4, -0.2) is 59.6 Å². The Hall–Kier alpha value is -0.200. The maximum atomic E-state index is 9.84. The summed E-state index contributed by atoms with van der Waals surface area (Å²) in [5.74, 6) is 0. The van der Waals surface area contributed by atoms with Crippen LogP contribution in [0.15, 0.2) is 0 Å². The average molecular weight is 417 g/mol. The third-order valence-electron chi connectivity index (χ3n) is 6.07. The Bertz CT molecular complexity index is 352. The summed E-state index contributed by atoms with van der Waals surface area (Å²) in [4.78, 5) is 0. The van der Waals surface area contributed by atoms with Gasteiger partial charge in [0.25, 0.3) is 0 Å². The van der Waals surface area contributed by atoms with E-state index in [1.807, 2.05) is 0 Å². The molecular weight excluding hydrogens is 368 g/mol. The molecule has 4 atom stereocenters. The highest BCUT2D eigenvalue weighted by Crippen LogP contribution is 2.20. The van der Waals surface area contributed by atoms with Crippen molar-refractivity contribution in [3.63, 3.8) is 0 Å². The molecule has 1 fully saturated rings. The topological polar surface area (TPSA) is 79.2 Å². The molecule has 1 saturated heterocycles. The summed E-state index contributed by atoms with van der Waals surface area (Å²) in [5, 5.41) is 28.8. The Kier molecular flexibility index (Phi) is 17.2. The molecule has 0 aromatic carbocycles. The number of rotatable bonds is 20. The van der Waals surface area contributed by atoms with Gasteiger partial charge in [-0.05, 0) is 6.42 Å². The molecule has 1 heterocycles. The number of hydrogen-bond acceptors (Lipinski definition) is 5. The van der Waals surface area contributed by atoms with Crippen LogP contribution in [0.1, 0.15) is 110 Å². The van der Waals surface area contributed by atoms with Crippen molar-refractivity contribution < 1.29 is 24.8 Å². The second kappa shape index (κ2) is 18.6. The molecule has 0 aromatic rings. The Labute approximate surface area is 179 Å². The number of aliphatic hydroxyl groups excluding tert-OH is 3. The molecule has 0 radical (unpaired) electrons. The summed E-state index contributed by atoms with van der Waals surface area (Å²) in [7, 11) is 0. The first kappa shape index (κ1) is 26.8. The molecule has 174 valence electrons. The average Bonchev–Trinajstić information content (AvgIpc) is 3.06. The van der Waals surface area contributed by atoms with Crippen molar-refractivity contribution in [3.05, 3.63) is 0 Å². The highest BCUT2D eigenvalue weighted by molar-refractivity contribution is 4.88. The van der Waals surface area contributed by atoms with E-state index in [9.17, 15) is 15.3 Å². The van der Waals surface area contributed by atoms with Crippen LogP contribution in [-0.2, 0) is 9.47 Å². The molecular formula is C24H48O5. The minimum Gasteiger partial charge on any atom is -0.394 e. The zero-order valence-corrected chi connectivity index (χ0v) is 18.9. The smallest absolute Gasteiger partial charge is 0.114 e. The first-order valence-electron chi connectivity index (χ1n) is 12.4. The van der Waals surface area contributed by atoms with Crippen LogP contribution in [0.25, 0.3) is 0 Å². The lowest BCUT2D eigenvalue weighted by molar-refractivity contribution is -0.101. The van der Waals surface area contributed by atoms with Crippen molar-refractivity contribution in [3.8, 4) is 0 Å².